The average Bonchev–Trinajstić information content (AvgIpc) is 2.97. The predicted molar refractivity (Wildman–Crippen MR) is 78.1 cm³/mol. The van der Waals surface area contributed by atoms with Gasteiger partial charge in [-0.1, -0.05) is 31.9 Å². The summed E-state index contributed by atoms with van der Waals surface area (Å²) in [5.41, 5.74) is 0. The third-order valence-electron chi connectivity index (χ3n) is 4.19. The minimum Gasteiger partial charge on any atom is -0.338 e. The molecule has 2 atom stereocenters. The van der Waals surface area contributed by atoms with E-state index < -0.39 is 0 Å². The van der Waals surface area contributed by atoms with Crippen LogP contribution < -0.4 is 0 Å². The number of aromatic nitrogens is 3. The van der Waals surface area contributed by atoms with Gasteiger partial charge in [-0.25, -0.2) is 0 Å². The van der Waals surface area contributed by atoms with Crippen molar-refractivity contribution in [2.75, 3.05) is 6.54 Å². The lowest BCUT2D eigenvalue weighted by Crippen LogP contribution is -2.47. The van der Waals surface area contributed by atoms with Crippen LogP contribution in [-0.4, -0.2) is 38.4 Å². The van der Waals surface area contributed by atoms with Crippen LogP contribution in [0.2, 0.25) is 0 Å². The molecule has 1 aromatic rings. The summed E-state index contributed by atoms with van der Waals surface area (Å²) in [5, 5.41) is 7.87. The Morgan fingerprint density at radius 2 is 2.30 bits per heavy atom. The zero-order chi connectivity index (χ0) is 14.4. The Bertz CT molecular complexity index is 404. The largest absolute Gasteiger partial charge is 0.338 e. The second-order valence-corrected chi connectivity index (χ2v) is 5.85. The van der Waals surface area contributed by atoms with Gasteiger partial charge in [-0.2, -0.15) is 0 Å². The van der Waals surface area contributed by atoms with Gasteiger partial charge in [0.1, 0.15) is 0 Å². The standard InChI is InChI=1S/C15H26N4O/c1-3-4-7-13(2)15(20)19-10-6-5-8-14(19)12-18-11-9-16-17-18/h9,11,13-14H,3-8,10,12H2,1-2H3/t13-,14+/m0/s1. The fourth-order valence-corrected chi connectivity index (χ4v) is 2.94. The van der Waals surface area contributed by atoms with Crippen molar-refractivity contribution in [1.29, 1.82) is 0 Å². The first kappa shape index (κ1) is 15.0. The van der Waals surface area contributed by atoms with Crippen molar-refractivity contribution >= 4 is 5.91 Å². The van der Waals surface area contributed by atoms with E-state index in [2.05, 4.69) is 29.1 Å². The van der Waals surface area contributed by atoms with E-state index in [0.29, 0.717) is 5.91 Å². The molecule has 2 rings (SSSR count). The lowest BCUT2D eigenvalue weighted by atomic mass is 9.97. The highest BCUT2D eigenvalue weighted by Crippen LogP contribution is 2.22. The minimum absolute atomic E-state index is 0.145. The van der Waals surface area contributed by atoms with Crippen molar-refractivity contribution in [3.05, 3.63) is 12.4 Å². The second-order valence-electron chi connectivity index (χ2n) is 5.85. The third-order valence-corrected chi connectivity index (χ3v) is 4.19. The maximum atomic E-state index is 12.6. The lowest BCUT2D eigenvalue weighted by Gasteiger charge is -2.37. The number of hydrogen-bond donors (Lipinski definition) is 0. The van der Waals surface area contributed by atoms with Crippen LogP contribution in [0.15, 0.2) is 12.4 Å². The van der Waals surface area contributed by atoms with Gasteiger partial charge in [-0.15, -0.1) is 5.10 Å². The molecule has 20 heavy (non-hydrogen) atoms. The number of piperidine rings is 1. The molecular weight excluding hydrogens is 252 g/mol. The summed E-state index contributed by atoms with van der Waals surface area (Å²) in [7, 11) is 0. The van der Waals surface area contributed by atoms with Crippen molar-refractivity contribution in [2.24, 2.45) is 5.92 Å². The number of carbonyl (C=O) groups excluding carboxylic acids is 1. The second kappa shape index (κ2) is 7.41. The van der Waals surface area contributed by atoms with Gasteiger partial charge in [0.25, 0.3) is 0 Å². The highest BCUT2D eigenvalue weighted by atomic mass is 16.2. The monoisotopic (exact) mass is 278 g/mol. The zero-order valence-corrected chi connectivity index (χ0v) is 12.7. The highest BCUT2D eigenvalue weighted by Gasteiger charge is 2.29. The van der Waals surface area contributed by atoms with Gasteiger partial charge in [-0.05, 0) is 25.7 Å². The SMILES string of the molecule is CCCC[C@H](C)C(=O)N1CCCC[C@@H]1Cn1ccnn1. The van der Waals surface area contributed by atoms with Crippen LogP contribution in [0.1, 0.15) is 52.4 Å². The third kappa shape index (κ3) is 3.81. The van der Waals surface area contributed by atoms with Gasteiger partial charge in [0.05, 0.1) is 18.8 Å². The van der Waals surface area contributed by atoms with E-state index >= 15 is 0 Å². The van der Waals surface area contributed by atoms with Crippen LogP contribution in [0.25, 0.3) is 0 Å². The lowest BCUT2D eigenvalue weighted by molar-refractivity contribution is -0.139. The molecule has 1 aromatic heterocycles. The number of rotatable bonds is 6. The Balaban J connectivity index is 1.97. The number of unbranched alkanes of at least 4 members (excludes halogenated alkanes) is 1. The van der Waals surface area contributed by atoms with Crippen LogP contribution in [0.5, 0.6) is 0 Å². The molecule has 1 fully saturated rings. The Hall–Kier alpha value is -1.39. The fourth-order valence-electron chi connectivity index (χ4n) is 2.94. The summed E-state index contributed by atoms with van der Waals surface area (Å²) >= 11 is 0. The first-order valence-corrected chi connectivity index (χ1v) is 7.87. The predicted octanol–water partition coefficient (Wildman–Crippen LogP) is 2.49. The smallest absolute Gasteiger partial charge is 0.225 e. The highest BCUT2D eigenvalue weighted by molar-refractivity contribution is 5.78. The molecule has 1 saturated heterocycles. The number of nitrogens with zero attached hydrogens (tertiary/aromatic N) is 4. The number of amides is 1. The van der Waals surface area contributed by atoms with E-state index in [1.807, 2.05) is 10.9 Å². The molecule has 112 valence electrons. The number of hydrogen-bond acceptors (Lipinski definition) is 3. The van der Waals surface area contributed by atoms with Gasteiger partial charge in [0.15, 0.2) is 0 Å². The average molecular weight is 278 g/mol. The molecule has 0 bridgehead atoms. The molecule has 0 N–H and O–H groups in total. The van der Waals surface area contributed by atoms with Gasteiger partial charge in [0.2, 0.25) is 5.91 Å². The molecule has 0 radical (unpaired) electrons. The Morgan fingerprint density at radius 3 is 3.00 bits per heavy atom. The van der Waals surface area contributed by atoms with Gasteiger partial charge in [-0.3, -0.25) is 9.48 Å². The summed E-state index contributed by atoms with van der Waals surface area (Å²) in [6, 6.07) is 0.280. The molecule has 5 nitrogen and oxygen atoms in total. The number of likely N-dealkylation sites (tertiary alicyclic amines) is 1. The van der Waals surface area contributed by atoms with Crippen molar-refractivity contribution in [1.82, 2.24) is 19.9 Å². The fraction of sp³-hybridized carbons (Fsp3) is 0.800. The molecule has 0 saturated carbocycles. The quantitative estimate of drug-likeness (QED) is 0.803. The summed E-state index contributed by atoms with van der Waals surface area (Å²) in [4.78, 5) is 14.7. The van der Waals surface area contributed by atoms with Crippen molar-refractivity contribution < 1.29 is 4.79 Å². The molecule has 2 heterocycles. The summed E-state index contributed by atoms with van der Waals surface area (Å²) in [6.07, 6.45) is 10.3. The molecule has 5 heteroatoms. The molecule has 1 aliphatic rings. The van der Waals surface area contributed by atoms with Crippen molar-refractivity contribution in [3.8, 4) is 0 Å². The molecular formula is C15H26N4O. The Labute approximate surface area is 121 Å². The van der Waals surface area contributed by atoms with E-state index in [9.17, 15) is 4.79 Å². The van der Waals surface area contributed by atoms with Gasteiger partial charge >= 0.3 is 0 Å². The molecule has 1 aliphatic heterocycles. The molecule has 0 aromatic carbocycles. The van der Waals surface area contributed by atoms with Crippen molar-refractivity contribution in [2.45, 2.75) is 65.0 Å². The molecule has 0 spiro atoms. The van der Waals surface area contributed by atoms with Gasteiger partial charge < -0.3 is 4.90 Å². The minimum atomic E-state index is 0.145. The topological polar surface area (TPSA) is 51.0 Å². The molecule has 0 unspecified atom stereocenters. The van der Waals surface area contributed by atoms with E-state index in [1.165, 1.54) is 6.42 Å². The zero-order valence-electron chi connectivity index (χ0n) is 12.7. The maximum Gasteiger partial charge on any atom is 0.225 e. The van der Waals surface area contributed by atoms with Crippen LogP contribution >= 0.6 is 0 Å². The van der Waals surface area contributed by atoms with Crippen LogP contribution in [0.4, 0.5) is 0 Å². The van der Waals surface area contributed by atoms with Crippen LogP contribution in [-0.2, 0) is 11.3 Å². The van der Waals surface area contributed by atoms with Crippen LogP contribution in [0, 0.1) is 5.92 Å². The van der Waals surface area contributed by atoms with Crippen LogP contribution in [0.3, 0.4) is 0 Å². The molecule has 1 amide bonds. The summed E-state index contributed by atoms with van der Waals surface area (Å²) in [6.45, 7) is 5.91. The van der Waals surface area contributed by atoms with Gasteiger partial charge in [0, 0.05) is 18.7 Å². The Morgan fingerprint density at radius 1 is 1.45 bits per heavy atom. The summed E-state index contributed by atoms with van der Waals surface area (Å²) < 4.78 is 1.84. The first-order valence-electron chi connectivity index (χ1n) is 7.87. The van der Waals surface area contributed by atoms with E-state index in [0.717, 1.165) is 45.2 Å². The van der Waals surface area contributed by atoms with E-state index in [-0.39, 0.29) is 12.0 Å². The van der Waals surface area contributed by atoms with E-state index in [1.54, 1.807) is 6.20 Å². The number of carbonyl (C=O) groups is 1. The maximum absolute atomic E-state index is 12.6. The Kier molecular flexibility index (Phi) is 5.56. The first-order chi connectivity index (χ1) is 9.72. The molecule has 0 aliphatic carbocycles. The van der Waals surface area contributed by atoms with E-state index in [4.69, 9.17) is 0 Å². The summed E-state index contributed by atoms with van der Waals surface area (Å²) in [5.74, 6) is 0.467. The van der Waals surface area contributed by atoms with Crippen molar-refractivity contribution in [3.63, 3.8) is 0 Å². The normalized spacial score (nSPS) is 20.9.